The van der Waals surface area contributed by atoms with Gasteiger partial charge >= 0.3 is 0 Å². The number of rotatable bonds is 5. The van der Waals surface area contributed by atoms with Gasteiger partial charge in [-0.2, -0.15) is 9.37 Å². The lowest BCUT2D eigenvalue weighted by atomic mass is 10.1. The SMILES string of the molecule is COc1nc(N2CCc3nc(COC4=CC=CCC4)oc3C2=O)ncc1F. The van der Waals surface area contributed by atoms with Crippen LogP contribution in [0.1, 0.15) is 35.0 Å². The van der Waals surface area contributed by atoms with Gasteiger partial charge in [0.15, 0.2) is 6.61 Å². The van der Waals surface area contributed by atoms with Crippen LogP contribution in [0.15, 0.2) is 34.6 Å². The average molecular weight is 372 g/mol. The van der Waals surface area contributed by atoms with Crippen LogP contribution in [0.2, 0.25) is 0 Å². The molecule has 4 rings (SSSR count). The van der Waals surface area contributed by atoms with Crippen LogP contribution in [0.3, 0.4) is 0 Å². The second kappa shape index (κ2) is 7.18. The van der Waals surface area contributed by atoms with Crippen molar-refractivity contribution >= 4 is 11.9 Å². The molecule has 3 heterocycles. The molecule has 0 saturated heterocycles. The zero-order valence-electron chi connectivity index (χ0n) is 14.6. The molecule has 2 aliphatic rings. The summed E-state index contributed by atoms with van der Waals surface area (Å²) in [4.78, 5) is 26.2. The monoisotopic (exact) mass is 372 g/mol. The molecule has 0 atom stereocenters. The van der Waals surface area contributed by atoms with Crippen molar-refractivity contribution in [1.29, 1.82) is 0 Å². The molecule has 1 aliphatic carbocycles. The van der Waals surface area contributed by atoms with Gasteiger partial charge in [-0.15, -0.1) is 0 Å². The Balaban J connectivity index is 1.51. The van der Waals surface area contributed by atoms with Gasteiger partial charge in [0.05, 0.1) is 24.8 Å². The minimum absolute atomic E-state index is 0.0530. The number of aromatic nitrogens is 3. The third-order valence-electron chi connectivity index (χ3n) is 4.24. The van der Waals surface area contributed by atoms with Crippen LogP contribution in [-0.2, 0) is 17.8 Å². The fourth-order valence-electron chi connectivity index (χ4n) is 2.90. The number of fused-ring (bicyclic) bond motifs is 1. The maximum Gasteiger partial charge on any atom is 0.298 e. The molecular formula is C18H17FN4O4. The van der Waals surface area contributed by atoms with Crippen molar-refractivity contribution in [2.75, 3.05) is 18.6 Å². The van der Waals surface area contributed by atoms with Crippen LogP contribution < -0.4 is 9.64 Å². The Hall–Kier alpha value is -3.23. The van der Waals surface area contributed by atoms with E-state index in [1.54, 1.807) is 0 Å². The fourth-order valence-corrected chi connectivity index (χ4v) is 2.90. The van der Waals surface area contributed by atoms with Crippen LogP contribution >= 0.6 is 0 Å². The predicted molar refractivity (Wildman–Crippen MR) is 91.7 cm³/mol. The Bertz CT molecular complexity index is 937. The molecular weight excluding hydrogens is 355 g/mol. The minimum Gasteiger partial charge on any atom is -0.488 e. The molecule has 0 N–H and O–H groups in total. The van der Waals surface area contributed by atoms with Crippen LogP contribution in [0, 0.1) is 5.82 Å². The standard InChI is InChI=1S/C18H17FN4O4/c1-25-16-12(19)9-20-18(22-16)23-8-7-13-15(17(23)24)27-14(21-13)10-26-11-5-3-2-4-6-11/h2-3,5,9H,4,6-8,10H2,1H3. The Morgan fingerprint density at radius 2 is 2.22 bits per heavy atom. The van der Waals surface area contributed by atoms with Gasteiger partial charge in [0.2, 0.25) is 23.4 Å². The second-order valence-electron chi connectivity index (χ2n) is 6.01. The topological polar surface area (TPSA) is 90.6 Å². The maximum atomic E-state index is 13.5. The number of carbonyl (C=O) groups is 1. The lowest BCUT2D eigenvalue weighted by Crippen LogP contribution is -2.38. The zero-order chi connectivity index (χ0) is 18.8. The molecule has 9 heteroatoms. The second-order valence-corrected chi connectivity index (χ2v) is 6.01. The molecule has 140 valence electrons. The molecule has 2 aromatic heterocycles. The summed E-state index contributed by atoms with van der Waals surface area (Å²) in [6.07, 6.45) is 9.11. The molecule has 0 spiro atoms. The Morgan fingerprint density at radius 3 is 3.00 bits per heavy atom. The molecule has 0 aromatic carbocycles. The van der Waals surface area contributed by atoms with Gasteiger partial charge in [0, 0.05) is 19.4 Å². The number of amides is 1. The van der Waals surface area contributed by atoms with Gasteiger partial charge in [-0.1, -0.05) is 12.2 Å². The minimum atomic E-state index is -0.697. The number of nitrogens with zero attached hydrogens (tertiary/aromatic N) is 4. The number of halogens is 1. The summed E-state index contributed by atoms with van der Waals surface area (Å²) in [5.74, 6) is 0.0269. The van der Waals surface area contributed by atoms with Crippen molar-refractivity contribution in [1.82, 2.24) is 15.0 Å². The van der Waals surface area contributed by atoms with E-state index >= 15 is 0 Å². The summed E-state index contributed by atoms with van der Waals surface area (Å²) in [5.41, 5.74) is 0.571. The Morgan fingerprint density at radius 1 is 1.33 bits per heavy atom. The molecule has 1 aliphatic heterocycles. The van der Waals surface area contributed by atoms with Crippen LogP contribution in [0.5, 0.6) is 5.88 Å². The van der Waals surface area contributed by atoms with E-state index < -0.39 is 11.7 Å². The molecule has 0 unspecified atom stereocenters. The molecule has 0 bridgehead atoms. The number of methoxy groups -OCH3 is 1. The fraction of sp³-hybridized carbons (Fsp3) is 0.333. The van der Waals surface area contributed by atoms with Gasteiger partial charge in [0.1, 0.15) is 0 Å². The number of hydrogen-bond donors (Lipinski definition) is 0. The van der Waals surface area contributed by atoms with E-state index in [-0.39, 0.29) is 24.2 Å². The van der Waals surface area contributed by atoms with Crippen molar-refractivity contribution < 1.29 is 23.1 Å². The highest BCUT2D eigenvalue weighted by Crippen LogP contribution is 2.25. The van der Waals surface area contributed by atoms with Crippen LogP contribution in [0.4, 0.5) is 10.3 Å². The van der Waals surface area contributed by atoms with E-state index in [9.17, 15) is 9.18 Å². The number of carbonyl (C=O) groups excluding carboxylic acids is 1. The summed E-state index contributed by atoms with van der Waals surface area (Å²) in [7, 11) is 1.30. The smallest absolute Gasteiger partial charge is 0.298 e. The number of ether oxygens (including phenoxy) is 2. The summed E-state index contributed by atoms with van der Waals surface area (Å²) < 4.78 is 29.6. The lowest BCUT2D eigenvalue weighted by Gasteiger charge is -2.23. The van der Waals surface area contributed by atoms with Gasteiger partial charge in [0.25, 0.3) is 11.8 Å². The molecule has 0 radical (unpaired) electrons. The summed E-state index contributed by atoms with van der Waals surface area (Å²) in [5, 5.41) is 0. The highest BCUT2D eigenvalue weighted by Gasteiger charge is 2.33. The van der Waals surface area contributed by atoms with Crippen molar-refractivity contribution in [3.05, 3.63) is 53.3 Å². The number of allylic oxidation sites excluding steroid dienone is 4. The first-order valence-corrected chi connectivity index (χ1v) is 8.51. The third kappa shape index (κ3) is 3.40. The summed E-state index contributed by atoms with van der Waals surface area (Å²) in [6, 6.07) is 0. The molecule has 8 nitrogen and oxygen atoms in total. The summed E-state index contributed by atoms with van der Waals surface area (Å²) >= 11 is 0. The Labute approximate surface area is 154 Å². The van der Waals surface area contributed by atoms with E-state index in [0.29, 0.717) is 24.6 Å². The third-order valence-corrected chi connectivity index (χ3v) is 4.24. The Kier molecular flexibility index (Phi) is 4.57. The highest BCUT2D eigenvalue weighted by molar-refractivity contribution is 6.04. The molecule has 2 aromatic rings. The van der Waals surface area contributed by atoms with Gasteiger partial charge in [-0.05, 0) is 12.5 Å². The number of anilines is 1. The first-order valence-electron chi connectivity index (χ1n) is 8.51. The van der Waals surface area contributed by atoms with Gasteiger partial charge in [-0.25, -0.2) is 9.97 Å². The van der Waals surface area contributed by atoms with E-state index in [0.717, 1.165) is 24.8 Å². The normalized spacial score (nSPS) is 16.1. The van der Waals surface area contributed by atoms with E-state index in [1.165, 1.54) is 12.0 Å². The van der Waals surface area contributed by atoms with Crippen molar-refractivity contribution in [3.63, 3.8) is 0 Å². The summed E-state index contributed by atoms with van der Waals surface area (Å²) in [6.45, 7) is 0.463. The van der Waals surface area contributed by atoms with Crippen molar-refractivity contribution in [2.45, 2.75) is 25.9 Å². The van der Waals surface area contributed by atoms with Gasteiger partial charge < -0.3 is 13.9 Å². The molecule has 0 saturated carbocycles. The molecule has 27 heavy (non-hydrogen) atoms. The predicted octanol–water partition coefficient (Wildman–Crippen LogP) is 2.57. The zero-order valence-corrected chi connectivity index (χ0v) is 14.6. The molecule has 0 fully saturated rings. The number of hydrogen-bond acceptors (Lipinski definition) is 7. The lowest BCUT2D eigenvalue weighted by molar-refractivity contribution is 0.0942. The van der Waals surface area contributed by atoms with Crippen molar-refractivity contribution in [3.8, 4) is 5.88 Å². The van der Waals surface area contributed by atoms with E-state index in [1.807, 2.05) is 12.2 Å². The van der Waals surface area contributed by atoms with E-state index in [2.05, 4.69) is 21.0 Å². The van der Waals surface area contributed by atoms with Gasteiger partial charge in [-0.3, -0.25) is 9.69 Å². The van der Waals surface area contributed by atoms with Crippen molar-refractivity contribution in [2.24, 2.45) is 0 Å². The van der Waals surface area contributed by atoms with Crippen LogP contribution in [-0.4, -0.2) is 34.5 Å². The maximum absolute atomic E-state index is 13.5. The van der Waals surface area contributed by atoms with Crippen LogP contribution in [0.25, 0.3) is 0 Å². The number of oxazole rings is 1. The average Bonchev–Trinajstić information content (AvgIpc) is 3.12. The largest absolute Gasteiger partial charge is 0.488 e. The first-order chi connectivity index (χ1) is 13.2. The molecule has 1 amide bonds. The first kappa shape index (κ1) is 17.2. The highest BCUT2D eigenvalue weighted by atomic mass is 19.1. The van der Waals surface area contributed by atoms with E-state index in [4.69, 9.17) is 13.9 Å². The quantitative estimate of drug-likeness (QED) is 0.797.